The maximum Gasteiger partial charge on any atom is 0.143 e. The summed E-state index contributed by atoms with van der Waals surface area (Å²) in [5, 5.41) is 12.3. The SMILES string of the molecule is CCN(CCO)c1ccc(CNC)cc1OC(C)C. The number of benzene rings is 1. The second-order valence-corrected chi connectivity index (χ2v) is 4.80. The molecule has 19 heavy (non-hydrogen) atoms. The third-order valence-corrected chi connectivity index (χ3v) is 2.86. The van der Waals surface area contributed by atoms with Crippen LogP contribution in [0.4, 0.5) is 5.69 Å². The molecular weight excluding hydrogens is 240 g/mol. The molecule has 0 aromatic heterocycles. The smallest absolute Gasteiger partial charge is 0.143 e. The van der Waals surface area contributed by atoms with E-state index in [1.165, 1.54) is 5.56 Å². The van der Waals surface area contributed by atoms with E-state index in [0.29, 0.717) is 6.54 Å². The molecule has 0 unspecified atom stereocenters. The first-order chi connectivity index (χ1) is 9.12. The van der Waals surface area contributed by atoms with Crippen molar-refractivity contribution in [1.82, 2.24) is 5.32 Å². The van der Waals surface area contributed by atoms with Gasteiger partial charge < -0.3 is 20.1 Å². The molecule has 108 valence electrons. The summed E-state index contributed by atoms with van der Waals surface area (Å²) < 4.78 is 5.91. The fourth-order valence-electron chi connectivity index (χ4n) is 2.05. The molecule has 1 aromatic rings. The van der Waals surface area contributed by atoms with Crippen LogP contribution in [-0.4, -0.2) is 38.0 Å². The maximum atomic E-state index is 9.15. The number of nitrogens with zero attached hydrogens (tertiary/aromatic N) is 1. The molecule has 0 saturated heterocycles. The van der Waals surface area contributed by atoms with E-state index in [9.17, 15) is 0 Å². The van der Waals surface area contributed by atoms with E-state index in [1.54, 1.807) is 0 Å². The molecule has 4 nitrogen and oxygen atoms in total. The Balaban J connectivity index is 3.05. The Kier molecular flexibility index (Phi) is 6.67. The van der Waals surface area contributed by atoms with Crippen molar-refractivity contribution in [3.63, 3.8) is 0 Å². The number of rotatable bonds is 8. The molecule has 1 aromatic carbocycles. The molecule has 0 radical (unpaired) electrons. The summed E-state index contributed by atoms with van der Waals surface area (Å²) in [5.41, 5.74) is 2.24. The fraction of sp³-hybridized carbons (Fsp3) is 0.600. The van der Waals surface area contributed by atoms with Gasteiger partial charge in [-0.1, -0.05) is 6.07 Å². The van der Waals surface area contributed by atoms with Crippen molar-refractivity contribution in [3.8, 4) is 5.75 Å². The van der Waals surface area contributed by atoms with Gasteiger partial charge in [0, 0.05) is 19.6 Å². The molecule has 2 N–H and O–H groups in total. The first-order valence-electron chi connectivity index (χ1n) is 6.92. The van der Waals surface area contributed by atoms with Crippen LogP contribution in [0.3, 0.4) is 0 Å². The average Bonchev–Trinajstić information content (AvgIpc) is 2.36. The quantitative estimate of drug-likeness (QED) is 0.755. The largest absolute Gasteiger partial charge is 0.489 e. The minimum atomic E-state index is 0.136. The van der Waals surface area contributed by atoms with Crippen LogP contribution in [0, 0.1) is 0 Å². The highest BCUT2D eigenvalue weighted by Gasteiger charge is 2.12. The summed E-state index contributed by atoms with van der Waals surface area (Å²) in [4.78, 5) is 2.13. The van der Waals surface area contributed by atoms with Gasteiger partial charge in [-0.2, -0.15) is 0 Å². The van der Waals surface area contributed by atoms with Crippen molar-refractivity contribution >= 4 is 5.69 Å². The lowest BCUT2D eigenvalue weighted by Gasteiger charge is -2.26. The Morgan fingerprint density at radius 1 is 1.37 bits per heavy atom. The lowest BCUT2D eigenvalue weighted by Crippen LogP contribution is -2.27. The Hall–Kier alpha value is -1.26. The number of hydrogen-bond acceptors (Lipinski definition) is 4. The van der Waals surface area contributed by atoms with E-state index < -0.39 is 0 Å². The van der Waals surface area contributed by atoms with Crippen LogP contribution in [0.1, 0.15) is 26.3 Å². The summed E-state index contributed by atoms with van der Waals surface area (Å²) in [6.45, 7) is 8.56. The number of ether oxygens (including phenoxy) is 1. The van der Waals surface area contributed by atoms with E-state index >= 15 is 0 Å². The van der Waals surface area contributed by atoms with Crippen molar-refractivity contribution in [1.29, 1.82) is 0 Å². The zero-order chi connectivity index (χ0) is 14.3. The normalized spacial score (nSPS) is 10.8. The molecule has 0 aliphatic rings. The Morgan fingerprint density at radius 3 is 2.63 bits per heavy atom. The number of hydrogen-bond donors (Lipinski definition) is 2. The first kappa shape index (κ1) is 15.8. The van der Waals surface area contributed by atoms with Crippen molar-refractivity contribution < 1.29 is 9.84 Å². The van der Waals surface area contributed by atoms with Crippen molar-refractivity contribution in [3.05, 3.63) is 23.8 Å². The van der Waals surface area contributed by atoms with E-state index in [2.05, 4.69) is 35.3 Å². The zero-order valence-corrected chi connectivity index (χ0v) is 12.4. The molecule has 0 amide bonds. The van der Waals surface area contributed by atoms with Gasteiger partial charge in [-0.25, -0.2) is 0 Å². The summed E-state index contributed by atoms with van der Waals surface area (Å²) in [6.07, 6.45) is 0.136. The lowest BCUT2D eigenvalue weighted by molar-refractivity contribution is 0.242. The summed E-state index contributed by atoms with van der Waals surface area (Å²) in [7, 11) is 1.93. The third-order valence-electron chi connectivity index (χ3n) is 2.86. The van der Waals surface area contributed by atoms with E-state index in [-0.39, 0.29) is 12.7 Å². The molecule has 0 saturated carbocycles. The van der Waals surface area contributed by atoms with Crippen LogP contribution in [0.5, 0.6) is 5.75 Å². The van der Waals surface area contributed by atoms with Gasteiger partial charge in [-0.15, -0.1) is 0 Å². The molecule has 4 heteroatoms. The van der Waals surface area contributed by atoms with Crippen LogP contribution in [0.2, 0.25) is 0 Å². The van der Waals surface area contributed by atoms with Crippen molar-refractivity contribution in [2.24, 2.45) is 0 Å². The molecular formula is C15H26N2O2. The van der Waals surface area contributed by atoms with E-state index in [4.69, 9.17) is 9.84 Å². The summed E-state index contributed by atoms with van der Waals surface area (Å²) in [6, 6.07) is 6.24. The van der Waals surface area contributed by atoms with E-state index in [1.807, 2.05) is 20.9 Å². The van der Waals surface area contributed by atoms with Crippen LogP contribution in [-0.2, 0) is 6.54 Å². The van der Waals surface area contributed by atoms with Gasteiger partial charge in [0.2, 0.25) is 0 Å². The van der Waals surface area contributed by atoms with Gasteiger partial charge in [0.25, 0.3) is 0 Å². The number of aliphatic hydroxyl groups excluding tert-OH is 1. The highest BCUT2D eigenvalue weighted by molar-refractivity contribution is 5.60. The molecule has 0 aliphatic heterocycles. The second-order valence-electron chi connectivity index (χ2n) is 4.80. The second kappa shape index (κ2) is 8.02. The first-order valence-corrected chi connectivity index (χ1v) is 6.92. The van der Waals surface area contributed by atoms with Crippen LogP contribution >= 0.6 is 0 Å². The standard InChI is InChI=1S/C15H26N2O2/c1-5-17(8-9-18)14-7-6-13(11-16-4)10-15(14)19-12(2)3/h6-7,10,12,16,18H,5,8-9,11H2,1-4H3. The molecule has 1 rings (SSSR count). The highest BCUT2D eigenvalue weighted by atomic mass is 16.5. The molecule has 0 spiro atoms. The molecule has 0 bridgehead atoms. The van der Waals surface area contributed by atoms with Gasteiger partial charge in [0.1, 0.15) is 5.75 Å². The monoisotopic (exact) mass is 266 g/mol. The summed E-state index contributed by atoms with van der Waals surface area (Å²) in [5.74, 6) is 0.887. The Labute approximate surface area is 116 Å². The highest BCUT2D eigenvalue weighted by Crippen LogP contribution is 2.30. The van der Waals surface area contributed by atoms with Crippen molar-refractivity contribution in [2.45, 2.75) is 33.4 Å². The van der Waals surface area contributed by atoms with Gasteiger partial charge in [0.05, 0.1) is 18.4 Å². The van der Waals surface area contributed by atoms with Gasteiger partial charge in [0.15, 0.2) is 0 Å². The number of nitrogens with one attached hydrogen (secondary N) is 1. The number of aliphatic hydroxyl groups is 1. The van der Waals surface area contributed by atoms with Crippen LogP contribution in [0.15, 0.2) is 18.2 Å². The Morgan fingerprint density at radius 2 is 2.11 bits per heavy atom. The van der Waals surface area contributed by atoms with Crippen LogP contribution < -0.4 is 15.0 Å². The molecule has 0 fully saturated rings. The number of anilines is 1. The Bertz CT molecular complexity index is 380. The molecule has 0 aliphatic carbocycles. The average molecular weight is 266 g/mol. The minimum Gasteiger partial charge on any atom is -0.489 e. The van der Waals surface area contributed by atoms with Crippen molar-refractivity contribution in [2.75, 3.05) is 31.6 Å². The third kappa shape index (κ3) is 4.73. The molecule has 0 atom stereocenters. The predicted octanol–water partition coefficient (Wildman–Crippen LogP) is 2.01. The molecule has 0 heterocycles. The van der Waals surface area contributed by atoms with Gasteiger partial charge in [-0.3, -0.25) is 0 Å². The van der Waals surface area contributed by atoms with E-state index in [0.717, 1.165) is 24.5 Å². The van der Waals surface area contributed by atoms with Gasteiger partial charge >= 0.3 is 0 Å². The zero-order valence-electron chi connectivity index (χ0n) is 12.4. The van der Waals surface area contributed by atoms with Gasteiger partial charge in [-0.05, 0) is 45.5 Å². The topological polar surface area (TPSA) is 44.7 Å². The summed E-state index contributed by atoms with van der Waals surface area (Å²) >= 11 is 0. The lowest BCUT2D eigenvalue weighted by atomic mass is 10.1. The maximum absolute atomic E-state index is 9.15. The fourth-order valence-corrected chi connectivity index (χ4v) is 2.05. The predicted molar refractivity (Wildman–Crippen MR) is 79.9 cm³/mol. The van der Waals surface area contributed by atoms with Crippen LogP contribution in [0.25, 0.3) is 0 Å². The minimum absolute atomic E-state index is 0.136. The number of likely N-dealkylation sites (N-methyl/N-ethyl adjacent to an activating group) is 1.